The average Bonchev–Trinajstić information content (AvgIpc) is 2.84. The Hall–Kier alpha value is -2.78. The maximum Gasteiger partial charge on any atom is 0.225 e. The summed E-state index contributed by atoms with van der Waals surface area (Å²) in [5.41, 5.74) is 2.57. The molecular weight excluding hydrogens is 548 g/mol. The Kier molecular flexibility index (Phi) is 7.72. The Morgan fingerprint density at radius 1 is 1.12 bits per heavy atom. The molecule has 0 radical (unpaired) electrons. The van der Waals surface area contributed by atoms with Crippen molar-refractivity contribution in [3.05, 3.63) is 74.8 Å². The van der Waals surface area contributed by atoms with Gasteiger partial charge in [0, 0.05) is 40.5 Å². The minimum Gasteiger partial charge on any atom is -0.361 e. The lowest BCUT2D eigenvalue weighted by molar-refractivity contribution is -0.126. The quantitative estimate of drug-likeness (QED) is 0.474. The van der Waals surface area contributed by atoms with E-state index in [0.717, 1.165) is 39.6 Å². The molecule has 1 saturated heterocycles. The number of hydrogen-bond donors (Lipinski definition) is 3. The van der Waals surface area contributed by atoms with Crippen LogP contribution in [-0.2, 0) is 11.3 Å². The van der Waals surface area contributed by atoms with Crippen LogP contribution in [-0.4, -0.2) is 41.9 Å². The summed E-state index contributed by atoms with van der Waals surface area (Å²) in [6, 6.07) is 15.7. The van der Waals surface area contributed by atoms with Crippen molar-refractivity contribution in [3.63, 3.8) is 0 Å². The van der Waals surface area contributed by atoms with Crippen molar-refractivity contribution < 1.29 is 4.79 Å². The number of carbonyl (C=O) groups excluding carboxylic acids is 1. The van der Waals surface area contributed by atoms with Gasteiger partial charge in [-0.3, -0.25) is 10.2 Å². The first-order valence-corrected chi connectivity index (χ1v) is 12.3. The lowest BCUT2D eigenvalue weighted by Gasteiger charge is -2.35. The summed E-state index contributed by atoms with van der Waals surface area (Å²) < 4.78 is 2.01. The van der Waals surface area contributed by atoms with E-state index >= 15 is 0 Å². The summed E-state index contributed by atoms with van der Waals surface area (Å²) in [5.74, 6) is 0.725. The highest BCUT2D eigenvalue weighted by Crippen LogP contribution is 2.22. The van der Waals surface area contributed by atoms with Crippen molar-refractivity contribution in [2.75, 3.05) is 18.4 Å². The lowest BCUT2D eigenvalue weighted by Crippen LogP contribution is -2.47. The van der Waals surface area contributed by atoms with E-state index in [1.807, 2.05) is 48.5 Å². The molecule has 170 valence electrons. The second kappa shape index (κ2) is 10.9. The summed E-state index contributed by atoms with van der Waals surface area (Å²) in [5, 5.41) is 14.6. The van der Waals surface area contributed by atoms with Crippen LogP contribution in [0.2, 0.25) is 0 Å². The molecule has 1 amide bonds. The molecule has 0 aliphatic carbocycles. The first-order valence-electron chi connectivity index (χ1n) is 10.7. The van der Waals surface area contributed by atoms with E-state index in [1.165, 1.54) is 6.34 Å². The number of halogens is 2. The van der Waals surface area contributed by atoms with Gasteiger partial charge in [0.05, 0.1) is 11.5 Å². The Balaban J connectivity index is 1.42. The summed E-state index contributed by atoms with van der Waals surface area (Å²) in [4.78, 5) is 23.5. The smallest absolute Gasteiger partial charge is 0.225 e. The molecule has 9 heteroatoms. The predicted molar refractivity (Wildman–Crippen MR) is 140 cm³/mol. The molecule has 0 bridgehead atoms. The number of nitrogens with zero attached hydrogens (tertiary/aromatic N) is 3. The first kappa shape index (κ1) is 23.4. The van der Waals surface area contributed by atoms with Gasteiger partial charge in [0.25, 0.3) is 0 Å². The summed E-state index contributed by atoms with van der Waals surface area (Å²) in [6.07, 6.45) is 4.88. The lowest BCUT2D eigenvalue weighted by atomic mass is 9.96. The van der Waals surface area contributed by atoms with E-state index in [9.17, 15) is 4.79 Å². The number of anilines is 1. The zero-order valence-corrected chi connectivity index (χ0v) is 21.1. The van der Waals surface area contributed by atoms with Gasteiger partial charge in [0.15, 0.2) is 5.84 Å². The number of benzene rings is 2. The molecule has 1 atom stereocenters. The van der Waals surface area contributed by atoms with Gasteiger partial charge >= 0.3 is 0 Å². The number of amidine groups is 2. The third kappa shape index (κ3) is 6.17. The SMILES string of the molecule is N=C1N=CN=C(N2CCCC(C(=O)NCc3ccc(Br)cc3)C2)/C1=C/Nc1ccc(Br)cc1. The molecule has 2 heterocycles. The van der Waals surface area contributed by atoms with Crippen LogP contribution in [0.5, 0.6) is 0 Å². The van der Waals surface area contributed by atoms with Gasteiger partial charge in [-0.1, -0.05) is 44.0 Å². The van der Waals surface area contributed by atoms with E-state index in [1.54, 1.807) is 6.20 Å². The van der Waals surface area contributed by atoms with Crippen LogP contribution in [0.15, 0.2) is 79.2 Å². The topological polar surface area (TPSA) is 92.9 Å². The molecule has 2 aliphatic heterocycles. The molecule has 33 heavy (non-hydrogen) atoms. The second-order valence-corrected chi connectivity index (χ2v) is 9.72. The highest BCUT2D eigenvalue weighted by atomic mass is 79.9. The Morgan fingerprint density at radius 2 is 1.82 bits per heavy atom. The number of piperidine rings is 1. The summed E-state index contributed by atoms with van der Waals surface area (Å²) in [7, 11) is 0. The number of amides is 1. The van der Waals surface area contributed by atoms with Gasteiger partial charge in [-0.15, -0.1) is 0 Å². The van der Waals surface area contributed by atoms with Crippen LogP contribution >= 0.6 is 31.9 Å². The van der Waals surface area contributed by atoms with Crippen molar-refractivity contribution in [1.29, 1.82) is 5.41 Å². The van der Waals surface area contributed by atoms with E-state index in [-0.39, 0.29) is 17.7 Å². The number of rotatable bonds is 5. The first-order chi connectivity index (χ1) is 16.0. The van der Waals surface area contributed by atoms with Crippen molar-refractivity contribution >= 4 is 61.5 Å². The van der Waals surface area contributed by atoms with Crippen LogP contribution < -0.4 is 10.6 Å². The number of carbonyl (C=O) groups is 1. The van der Waals surface area contributed by atoms with Gasteiger partial charge < -0.3 is 15.5 Å². The van der Waals surface area contributed by atoms with Crippen LogP contribution in [0.25, 0.3) is 0 Å². The van der Waals surface area contributed by atoms with E-state index in [2.05, 4.69) is 57.4 Å². The number of nitrogens with one attached hydrogen (secondary N) is 3. The second-order valence-electron chi connectivity index (χ2n) is 7.88. The van der Waals surface area contributed by atoms with Gasteiger partial charge in [0.2, 0.25) is 5.91 Å². The fraction of sp³-hybridized carbons (Fsp3) is 0.250. The van der Waals surface area contributed by atoms with Crippen molar-refractivity contribution in [2.45, 2.75) is 19.4 Å². The van der Waals surface area contributed by atoms with Crippen LogP contribution in [0.4, 0.5) is 5.69 Å². The van der Waals surface area contributed by atoms with E-state index < -0.39 is 0 Å². The van der Waals surface area contributed by atoms with Gasteiger partial charge in [-0.25, -0.2) is 9.98 Å². The fourth-order valence-corrected chi connectivity index (χ4v) is 4.32. The Labute approximate surface area is 209 Å². The molecule has 4 rings (SSSR count). The maximum absolute atomic E-state index is 12.9. The molecule has 2 aliphatic rings. The molecule has 7 nitrogen and oxygen atoms in total. The Bertz CT molecular complexity index is 1110. The molecule has 3 N–H and O–H groups in total. The molecular formula is C24H24Br2N6O. The van der Waals surface area contributed by atoms with Crippen molar-refractivity contribution in [1.82, 2.24) is 10.2 Å². The summed E-state index contributed by atoms with van der Waals surface area (Å²) in [6.45, 7) is 1.84. The average molecular weight is 572 g/mol. The minimum absolute atomic E-state index is 0.0429. The molecule has 1 fully saturated rings. The van der Waals surface area contributed by atoms with Gasteiger partial charge in [0.1, 0.15) is 12.2 Å². The minimum atomic E-state index is -0.134. The van der Waals surface area contributed by atoms with Crippen molar-refractivity contribution in [2.24, 2.45) is 15.9 Å². The van der Waals surface area contributed by atoms with Crippen LogP contribution in [0.1, 0.15) is 18.4 Å². The molecule has 0 spiro atoms. The number of aliphatic imine (C=N–C) groups is 2. The largest absolute Gasteiger partial charge is 0.361 e. The van der Waals surface area contributed by atoms with Gasteiger partial charge in [-0.05, 0) is 54.8 Å². The molecule has 2 aromatic rings. The van der Waals surface area contributed by atoms with E-state index in [0.29, 0.717) is 24.5 Å². The Morgan fingerprint density at radius 3 is 2.55 bits per heavy atom. The molecule has 0 saturated carbocycles. The van der Waals surface area contributed by atoms with Crippen molar-refractivity contribution in [3.8, 4) is 0 Å². The standard InChI is InChI=1S/C24H24Br2N6O/c25-18-5-3-16(4-6-18)12-29-24(33)17-2-1-11-32(14-17)23-21(22(27)30-15-31-23)13-28-20-9-7-19(26)8-10-20/h3-10,13,15,17,27-28H,1-2,11-12,14H2,(H,29,33)/b21-13+,27-22?. The highest BCUT2D eigenvalue weighted by molar-refractivity contribution is 9.10. The van der Waals surface area contributed by atoms with E-state index in [4.69, 9.17) is 5.41 Å². The predicted octanol–water partition coefficient (Wildman–Crippen LogP) is 4.95. The number of hydrogen-bond acceptors (Lipinski definition) is 5. The number of likely N-dealkylation sites (tertiary alicyclic amines) is 1. The third-order valence-corrected chi connectivity index (χ3v) is 6.62. The molecule has 0 aromatic heterocycles. The molecule has 2 aromatic carbocycles. The van der Waals surface area contributed by atoms with Crippen LogP contribution in [0.3, 0.4) is 0 Å². The van der Waals surface area contributed by atoms with Crippen LogP contribution in [0, 0.1) is 11.3 Å². The fourth-order valence-electron chi connectivity index (χ4n) is 3.79. The monoisotopic (exact) mass is 570 g/mol. The molecule has 1 unspecified atom stereocenters. The zero-order chi connectivity index (χ0) is 23.2. The third-order valence-electron chi connectivity index (χ3n) is 5.56. The van der Waals surface area contributed by atoms with Gasteiger partial charge in [-0.2, -0.15) is 0 Å². The summed E-state index contributed by atoms with van der Waals surface area (Å²) >= 11 is 6.86. The zero-order valence-electron chi connectivity index (χ0n) is 17.9. The highest BCUT2D eigenvalue weighted by Gasteiger charge is 2.30. The normalized spacial score (nSPS) is 19.4. The maximum atomic E-state index is 12.9.